The monoisotopic (exact) mass is 279 g/mol. The first-order chi connectivity index (χ1) is 8.78. The summed E-state index contributed by atoms with van der Waals surface area (Å²) < 4.78 is 48.7. The average Bonchev–Trinajstić information content (AvgIpc) is 2.33. The Kier molecular flexibility index (Phi) is 5.75. The Morgan fingerprint density at radius 1 is 1.16 bits per heavy atom. The molecule has 0 spiro atoms. The maximum absolute atomic E-state index is 12.7. The van der Waals surface area contributed by atoms with Crippen LogP contribution in [0.3, 0.4) is 0 Å². The Bertz CT molecular complexity index is 377. The molecular formula is C13H17F4NO. The van der Waals surface area contributed by atoms with Gasteiger partial charge < -0.3 is 10.0 Å². The van der Waals surface area contributed by atoms with E-state index < -0.39 is 24.5 Å². The van der Waals surface area contributed by atoms with E-state index >= 15 is 0 Å². The molecule has 0 saturated carbocycles. The number of halogens is 4. The number of benzene rings is 1. The van der Waals surface area contributed by atoms with Crippen LogP contribution in [0.1, 0.15) is 24.5 Å². The second-order valence-corrected chi connectivity index (χ2v) is 4.52. The number of alkyl halides is 3. The second kappa shape index (κ2) is 6.86. The summed E-state index contributed by atoms with van der Waals surface area (Å²) >= 11 is 0. The minimum atomic E-state index is -4.16. The lowest BCUT2D eigenvalue weighted by atomic mass is 10.1. The van der Waals surface area contributed by atoms with E-state index in [0.29, 0.717) is 18.5 Å². The SMILES string of the molecule is CN(CCC(O)c1ccc(F)cc1)CCC(F)(F)F. The molecule has 0 aliphatic heterocycles. The highest BCUT2D eigenvalue weighted by atomic mass is 19.4. The van der Waals surface area contributed by atoms with Crippen molar-refractivity contribution < 1.29 is 22.7 Å². The number of aliphatic hydroxyl groups is 1. The topological polar surface area (TPSA) is 23.5 Å². The van der Waals surface area contributed by atoms with Gasteiger partial charge in [0.25, 0.3) is 0 Å². The summed E-state index contributed by atoms with van der Waals surface area (Å²) in [6.07, 6.45) is -5.52. The third-order valence-electron chi connectivity index (χ3n) is 2.82. The molecule has 1 aromatic rings. The van der Waals surface area contributed by atoms with Crippen LogP contribution < -0.4 is 0 Å². The van der Waals surface area contributed by atoms with Crippen LogP contribution in [0.2, 0.25) is 0 Å². The van der Waals surface area contributed by atoms with Crippen LogP contribution in [0.15, 0.2) is 24.3 Å². The summed E-state index contributed by atoms with van der Waals surface area (Å²) in [6, 6.07) is 5.42. The summed E-state index contributed by atoms with van der Waals surface area (Å²) in [4.78, 5) is 1.51. The summed E-state index contributed by atoms with van der Waals surface area (Å²) in [5.41, 5.74) is 0.561. The molecule has 19 heavy (non-hydrogen) atoms. The first kappa shape index (κ1) is 15.9. The molecule has 0 radical (unpaired) electrons. The summed E-state index contributed by atoms with van der Waals surface area (Å²) in [6.45, 7) is 0.244. The molecule has 2 nitrogen and oxygen atoms in total. The Balaban J connectivity index is 2.33. The molecule has 0 saturated heterocycles. The zero-order valence-electron chi connectivity index (χ0n) is 10.6. The Morgan fingerprint density at radius 2 is 1.74 bits per heavy atom. The van der Waals surface area contributed by atoms with Crippen LogP contribution in [0.5, 0.6) is 0 Å². The first-order valence-corrected chi connectivity index (χ1v) is 5.97. The largest absolute Gasteiger partial charge is 0.390 e. The number of nitrogens with zero attached hydrogens (tertiary/aromatic N) is 1. The molecule has 0 heterocycles. The smallest absolute Gasteiger partial charge is 0.388 e. The molecule has 0 fully saturated rings. The molecule has 0 amide bonds. The van der Waals surface area contributed by atoms with Crippen LogP contribution in [-0.4, -0.2) is 36.3 Å². The maximum Gasteiger partial charge on any atom is 0.390 e. The number of hydrogen-bond donors (Lipinski definition) is 1. The van der Waals surface area contributed by atoms with E-state index in [0.717, 1.165) is 0 Å². The standard InChI is InChI=1S/C13H17F4NO/c1-18(9-7-13(15,16)17)8-6-12(19)10-2-4-11(14)5-3-10/h2-5,12,19H,6-9H2,1H3. The van der Waals surface area contributed by atoms with Crippen LogP contribution in [0.25, 0.3) is 0 Å². The van der Waals surface area contributed by atoms with Crippen LogP contribution in [0.4, 0.5) is 17.6 Å². The lowest BCUT2D eigenvalue weighted by Gasteiger charge is -2.19. The van der Waals surface area contributed by atoms with Crippen LogP contribution >= 0.6 is 0 Å². The van der Waals surface area contributed by atoms with Gasteiger partial charge in [-0.25, -0.2) is 4.39 Å². The lowest BCUT2D eigenvalue weighted by molar-refractivity contribution is -0.137. The third kappa shape index (κ3) is 6.54. The zero-order valence-corrected chi connectivity index (χ0v) is 10.6. The van der Waals surface area contributed by atoms with Gasteiger partial charge in [0, 0.05) is 13.1 Å². The Hall–Kier alpha value is -1.14. The molecule has 0 aromatic heterocycles. The van der Waals surface area contributed by atoms with Crippen molar-refractivity contribution in [3.63, 3.8) is 0 Å². The quantitative estimate of drug-likeness (QED) is 0.809. The van der Waals surface area contributed by atoms with Gasteiger partial charge in [-0.2, -0.15) is 13.2 Å². The predicted molar refractivity (Wildman–Crippen MR) is 64.1 cm³/mol. The van der Waals surface area contributed by atoms with Gasteiger partial charge >= 0.3 is 6.18 Å². The molecule has 0 bridgehead atoms. The molecule has 0 aliphatic carbocycles. The maximum atomic E-state index is 12.7. The van der Waals surface area contributed by atoms with Gasteiger partial charge in [0.05, 0.1) is 12.5 Å². The van der Waals surface area contributed by atoms with Crippen molar-refractivity contribution >= 4 is 0 Å². The van der Waals surface area contributed by atoms with Crippen molar-refractivity contribution in [3.05, 3.63) is 35.6 Å². The van der Waals surface area contributed by atoms with Crippen molar-refractivity contribution in [1.82, 2.24) is 4.90 Å². The van der Waals surface area contributed by atoms with E-state index in [1.165, 1.54) is 29.2 Å². The molecule has 6 heteroatoms. The predicted octanol–water partition coefficient (Wildman–Crippen LogP) is 3.13. The van der Waals surface area contributed by atoms with E-state index in [4.69, 9.17) is 0 Å². The zero-order chi connectivity index (χ0) is 14.5. The minimum absolute atomic E-state index is 0.0976. The normalized spacial score (nSPS) is 13.8. The third-order valence-corrected chi connectivity index (χ3v) is 2.82. The highest BCUT2D eigenvalue weighted by molar-refractivity contribution is 5.18. The lowest BCUT2D eigenvalue weighted by Crippen LogP contribution is -2.26. The van der Waals surface area contributed by atoms with E-state index in [-0.39, 0.29) is 6.54 Å². The highest BCUT2D eigenvalue weighted by Gasteiger charge is 2.27. The molecule has 1 aromatic carbocycles. The van der Waals surface area contributed by atoms with Gasteiger partial charge in [0.15, 0.2) is 0 Å². The van der Waals surface area contributed by atoms with Crippen LogP contribution in [0, 0.1) is 5.82 Å². The van der Waals surface area contributed by atoms with Crippen LogP contribution in [-0.2, 0) is 0 Å². The van der Waals surface area contributed by atoms with Gasteiger partial charge in [0.1, 0.15) is 5.82 Å². The molecule has 1 atom stereocenters. The van der Waals surface area contributed by atoms with E-state index in [1.807, 2.05) is 0 Å². The van der Waals surface area contributed by atoms with Gasteiger partial charge in [-0.15, -0.1) is 0 Å². The van der Waals surface area contributed by atoms with Crippen molar-refractivity contribution in [2.24, 2.45) is 0 Å². The molecule has 108 valence electrons. The van der Waals surface area contributed by atoms with E-state index in [9.17, 15) is 22.7 Å². The summed E-state index contributed by atoms with van der Waals surface area (Å²) in [5.74, 6) is -0.391. The molecule has 1 unspecified atom stereocenters. The fraction of sp³-hybridized carbons (Fsp3) is 0.538. The number of aliphatic hydroxyl groups excluding tert-OH is 1. The summed E-state index contributed by atoms with van der Waals surface area (Å²) in [5, 5.41) is 9.82. The fourth-order valence-electron chi connectivity index (χ4n) is 1.62. The van der Waals surface area contributed by atoms with Gasteiger partial charge in [0.2, 0.25) is 0 Å². The Labute approximate surface area is 109 Å². The van der Waals surface area contributed by atoms with E-state index in [1.54, 1.807) is 7.05 Å². The molecule has 0 aliphatic rings. The van der Waals surface area contributed by atoms with Gasteiger partial charge in [-0.05, 0) is 31.2 Å². The summed E-state index contributed by atoms with van der Waals surface area (Å²) in [7, 11) is 1.57. The molecule has 1 N–H and O–H groups in total. The number of rotatable bonds is 6. The molecular weight excluding hydrogens is 262 g/mol. The first-order valence-electron chi connectivity index (χ1n) is 5.97. The van der Waals surface area contributed by atoms with E-state index in [2.05, 4.69) is 0 Å². The second-order valence-electron chi connectivity index (χ2n) is 4.52. The van der Waals surface area contributed by atoms with Crippen molar-refractivity contribution in [2.45, 2.75) is 25.1 Å². The average molecular weight is 279 g/mol. The van der Waals surface area contributed by atoms with Gasteiger partial charge in [-0.3, -0.25) is 0 Å². The highest BCUT2D eigenvalue weighted by Crippen LogP contribution is 2.20. The minimum Gasteiger partial charge on any atom is -0.388 e. The Morgan fingerprint density at radius 3 is 2.26 bits per heavy atom. The van der Waals surface area contributed by atoms with Crippen molar-refractivity contribution in [2.75, 3.05) is 20.1 Å². The van der Waals surface area contributed by atoms with Gasteiger partial charge in [-0.1, -0.05) is 12.1 Å². The number of hydrogen-bond acceptors (Lipinski definition) is 2. The van der Waals surface area contributed by atoms with Crippen molar-refractivity contribution in [1.29, 1.82) is 0 Å². The fourth-order valence-corrected chi connectivity index (χ4v) is 1.62. The molecule has 1 rings (SSSR count). The van der Waals surface area contributed by atoms with Crippen molar-refractivity contribution in [3.8, 4) is 0 Å².